The summed E-state index contributed by atoms with van der Waals surface area (Å²) in [7, 11) is 0. The fourth-order valence-corrected chi connectivity index (χ4v) is 4.40. The van der Waals surface area contributed by atoms with Crippen molar-refractivity contribution in [2.75, 3.05) is 24.5 Å². The smallest absolute Gasteiger partial charge is 0.392 e. The van der Waals surface area contributed by atoms with Crippen molar-refractivity contribution >= 4 is 43.5 Å². The largest absolute Gasteiger partial charge is 0.436 e. The maximum atomic E-state index is 13.1. The highest BCUT2D eigenvalue weighted by molar-refractivity contribution is 9.10. The molecule has 2 aromatic rings. The summed E-state index contributed by atoms with van der Waals surface area (Å²) < 4.78 is 40.9. The van der Waals surface area contributed by atoms with Gasteiger partial charge in [-0.1, -0.05) is 15.9 Å². The van der Waals surface area contributed by atoms with Crippen molar-refractivity contribution < 1.29 is 23.1 Å². The van der Waals surface area contributed by atoms with Gasteiger partial charge in [-0.3, -0.25) is 9.48 Å². The molecule has 0 radical (unpaired) electrons. The van der Waals surface area contributed by atoms with Gasteiger partial charge in [0.1, 0.15) is 6.54 Å². The molecule has 1 fully saturated rings. The number of anilines is 1. The Morgan fingerprint density at radius 2 is 2.00 bits per heavy atom. The van der Waals surface area contributed by atoms with E-state index in [9.17, 15) is 23.1 Å². The van der Waals surface area contributed by atoms with E-state index in [1.807, 2.05) is 25.1 Å². The van der Waals surface area contributed by atoms with Gasteiger partial charge in [-0.15, -0.1) is 0 Å². The van der Waals surface area contributed by atoms with Crippen LogP contribution in [0.1, 0.15) is 23.9 Å². The summed E-state index contributed by atoms with van der Waals surface area (Å²) in [6.45, 7) is 4.67. The zero-order chi connectivity index (χ0) is 22.2. The lowest BCUT2D eigenvalue weighted by Gasteiger charge is -2.41. The van der Waals surface area contributed by atoms with Crippen molar-refractivity contribution in [2.45, 2.75) is 39.2 Å². The molecule has 0 bridgehead atoms. The first-order chi connectivity index (χ1) is 14.0. The van der Waals surface area contributed by atoms with E-state index < -0.39 is 11.9 Å². The zero-order valence-electron chi connectivity index (χ0n) is 16.4. The van der Waals surface area contributed by atoms with Crippen molar-refractivity contribution in [3.8, 4) is 0 Å². The molecule has 1 aliphatic rings. The van der Waals surface area contributed by atoms with Crippen molar-refractivity contribution in [3.63, 3.8) is 0 Å². The van der Waals surface area contributed by atoms with Crippen LogP contribution in [0, 0.1) is 6.92 Å². The number of aliphatic hydroxyl groups excluding tert-OH is 1. The molecule has 164 valence electrons. The van der Waals surface area contributed by atoms with E-state index in [2.05, 4.69) is 41.9 Å². The molecule has 2 heterocycles. The number of amides is 1. The summed E-state index contributed by atoms with van der Waals surface area (Å²) in [4.78, 5) is 16.6. The third-order valence-corrected chi connectivity index (χ3v) is 6.92. The van der Waals surface area contributed by atoms with Crippen LogP contribution in [-0.4, -0.2) is 51.4 Å². The molecule has 1 saturated heterocycles. The van der Waals surface area contributed by atoms with Gasteiger partial charge in [0.25, 0.3) is 0 Å². The number of nitrogens with zero attached hydrogens (tertiary/aromatic N) is 4. The van der Waals surface area contributed by atoms with E-state index in [1.165, 1.54) is 6.92 Å². The van der Waals surface area contributed by atoms with Gasteiger partial charge < -0.3 is 14.9 Å². The maximum absolute atomic E-state index is 13.1. The van der Waals surface area contributed by atoms with E-state index in [0.29, 0.717) is 19.6 Å². The summed E-state index contributed by atoms with van der Waals surface area (Å²) in [5.41, 5.74) is 0.954. The quantitative estimate of drug-likeness (QED) is 0.622. The predicted molar refractivity (Wildman–Crippen MR) is 113 cm³/mol. The molecule has 0 unspecified atom stereocenters. The van der Waals surface area contributed by atoms with Gasteiger partial charge in [0, 0.05) is 35.8 Å². The molecule has 1 atom stereocenters. The second-order valence-electron chi connectivity index (χ2n) is 7.22. The van der Waals surface area contributed by atoms with Crippen molar-refractivity contribution in [3.05, 3.63) is 44.1 Å². The molecule has 11 heteroatoms. The minimum atomic E-state index is -4.59. The number of hydrogen-bond donors (Lipinski definition) is 1. The summed E-state index contributed by atoms with van der Waals surface area (Å²) in [6.07, 6.45) is -4.59. The van der Waals surface area contributed by atoms with E-state index in [-0.39, 0.29) is 35.3 Å². The van der Waals surface area contributed by atoms with Gasteiger partial charge in [-0.05, 0) is 53.5 Å². The second kappa shape index (κ2) is 8.88. The van der Waals surface area contributed by atoms with Gasteiger partial charge in [0.05, 0.1) is 16.8 Å². The monoisotopic (exact) mass is 552 g/mol. The molecular weight excluding hydrogens is 533 g/mol. The molecule has 0 spiro atoms. The van der Waals surface area contributed by atoms with Crippen molar-refractivity contribution in [1.29, 1.82) is 0 Å². The van der Waals surface area contributed by atoms with Gasteiger partial charge in [0.15, 0.2) is 5.69 Å². The second-order valence-corrected chi connectivity index (χ2v) is 8.87. The van der Waals surface area contributed by atoms with Crippen molar-refractivity contribution in [1.82, 2.24) is 14.7 Å². The van der Waals surface area contributed by atoms with Gasteiger partial charge in [-0.25, -0.2) is 0 Å². The Kier molecular flexibility index (Phi) is 6.83. The number of carbonyl (C=O) groups is 1. The Labute approximate surface area is 188 Å². The molecule has 30 heavy (non-hydrogen) atoms. The SMILES string of the molecule is Cc1c(Br)c(C(F)(F)F)nn1CC(=O)N1CCN(c2ccc(Br)c(CO)c2)C[C@@H]1C. The Bertz CT molecular complexity index is 949. The van der Waals surface area contributed by atoms with Crippen LogP contribution >= 0.6 is 31.9 Å². The first-order valence-electron chi connectivity index (χ1n) is 9.26. The van der Waals surface area contributed by atoms with Crippen LogP contribution in [0.15, 0.2) is 27.1 Å². The standard InChI is InChI=1S/C19H21Br2F3N4O2/c1-11-8-26(14-3-4-15(20)13(7-14)10-29)5-6-27(11)16(30)9-28-12(2)17(21)18(25-28)19(22,23)24/h3-4,7,11,29H,5-6,8-10H2,1-2H3/t11-/m0/s1. The van der Waals surface area contributed by atoms with Gasteiger partial charge in [-0.2, -0.15) is 18.3 Å². The maximum Gasteiger partial charge on any atom is 0.436 e. The molecule has 1 N–H and O–H groups in total. The molecule has 1 aliphatic heterocycles. The van der Waals surface area contributed by atoms with Crippen LogP contribution in [0.5, 0.6) is 0 Å². The zero-order valence-corrected chi connectivity index (χ0v) is 19.6. The Balaban J connectivity index is 1.70. The number of carbonyl (C=O) groups excluding carboxylic acids is 1. The highest BCUT2D eigenvalue weighted by Gasteiger charge is 2.38. The van der Waals surface area contributed by atoms with E-state index in [1.54, 1.807) is 4.90 Å². The van der Waals surface area contributed by atoms with Crippen LogP contribution in [0.4, 0.5) is 18.9 Å². The number of rotatable bonds is 4. The first kappa shape index (κ1) is 23.1. The normalized spacial score (nSPS) is 17.5. The summed E-state index contributed by atoms with van der Waals surface area (Å²) >= 11 is 6.33. The molecular formula is C19H21Br2F3N4O2. The number of halogens is 5. The van der Waals surface area contributed by atoms with E-state index in [4.69, 9.17) is 0 Å². The lowest BCUT2D eigenvalue weighted by molar-refractivity contribution is -0.143. The van der Waals surface area contributed by atoms with Crippen LogP contribution in [-0.2, 0) is 24.1 Å². The number of piperazine rings is 1. The molecule has 1 amide bonds. The highest BCUT2D eigenvalue weighted by atomic mass is 79.9. The average molecular weight is 554 g/mol. The number of aliphatic hydroxyl groups is 1. The third kappa shape index (κ3) is 4.67. The van der Waals surface area contributed by atoms with Crippen LogP contribution in [0.25, 0.3) is 0 Å². The summed E-state index contributed by atoms with van der Waals surface area (Å²) in [6, 6.07) is 5.59. The van der Waals surface area contributed by atoms with Crippen molar-refractivity contribution in [2.24, 2.45) is 0 Å². The molecule has 0 saturated carbocycles. The molecule has 6 nitrogen and oxygen atoms in total. The fraction of sp³-hybridized carbons (Fsp3) is 0.474. The number of aromatic nitrogens is 2. The summed E-state index contributed by atoms with van der Waals surface area (Å²) in [5, 5.41) is 13.0. The Morgan fingerprint density at radius 3 is 2.57 bits per heavy atom. The average Bonchev–Trinajstić information content (AvgIpc) is 2.96. The lowest BCUT2D eigenvalue weighted by Crippen LogP contribution is -2.54. The van der Waals surface area contributed by atoms with E-state index >= 15 is 0 Å². The summed E-state index contributed by atoms with van der Waals surface area (Å²) in [5.74, 6) is -0.277. The first-order valence-corrected chi connectivity index (χ1v) is 10.8. The lowest BCUT2D eigenvalue weighted by atomic mass is 10.1. The minimum Gasteiger partial charge on any atom is -0.392 e. The van der Waals surface area contributed by atoms with Crippen LogP contribution in [0.3, 0.4) is 0 Å². The highest BCUT2D eigenvalue weighted by Crippen LogP contribution is 2.35. The molecule has 0 aliphatic carbocycles. The third-order valence-electron chi connectivity index (χ3n) is 5.20. The number of benzene rings is 1. The fourth-order valence-electron chi connectivity index (χ4n) is 3.52. The molecule has 1 aromatic carbocycles. The van der Waals surface area contributed by atoms with Crippen LogP contribution < -0.4 is 4.90 Å². The predicted octanol–water partition coefficient (Wildman–Crippen LogP) is 3.96. The molecule has 1 aromatic heterocycles. The number of alkyl halides is 3. The molecule has 3 rings (SSSR count). The van der Waals surface area contributed by atoms with Crippen LogP contribution in [0.2, 0.25) is 0 Å². The minimum absolute atomic E-state index is 0.0822. The Morgan fingerprint density at radius 1 is 1.30 bits per heavy atom. The Hall–Kier alpha value is -1.59. The topological polar surface area (TPSA) is 61.6 Å². The van der Waals surface area contributed by atoms with E-state index in [0.717, 1.165) is 20.4 Å². The van der Waals surface area contributed by atoms with Gasteiger partial charge in [0.2, 0.25) is 5.91 Å². The number of hydrogen-bond acceptors (Lipinski definition) is 4. The van der Waals surface area contributed by atoms with Gasteiger partial charge >= 0.3 is 6.18 Å².